The van der Waals surface area contributed by atoms with Gasteiger partial charge in [-0.25, -0.2) is 0 Å². The van der Waals surface area contributed by atoms with Gasteiger partial charge in [0.15, 0.2) is 0 Å². The number of pyridine rings is 1. The molecule has 2 saturated heterocycles. The number of likely N-dealkylation sites (tertiary alicyclic amines) is 1. The lowest BCUT2D eigenvalue weighted by atomic mass is 9.71. The van der Waals surface area contributed by atoms with Crippen LogP contribution in [0, 0.1) is 11.3 Å². The summed E-state index contributed by atoms with van der Waals surface area (Å²) in [5.74, 6) is -0.319. The van der Waals surface area contributed by atoms with Crippen LogP contribution in [0.3, 0.4) is 0 Å². The van der Waals surface area contributed by atoms with Crippen LogP contribution in [0.2, 0.25) is 0 Å². The van der Waals surface area contributed by atoms with E-state index in [1.165, 1.54) is 0 Å². The number of carbonyl (C=O) groups excluding carboxylic acids is 2. The molecular weight excluding hydrogens is 342 g/mol. The highest BCUT2D eigenvalue weighted by atomic mass is 16.5. The molecule has 6 nitrogen and oxygen atoms in total. The van der Waals surface area contributed by atoms with Gasteiger partial charge in [-0.1, -0.05) is 18.2 Å². The molecule has 1 aromatic carbocycles. The summed E-state index contributed by atoms with van der Waals surface area (Å²) in [4.78, 5) is 31.9. The van der Waals surface area contributed by atoms with E-state index in [0.717, 1.165) is 12.8 Å². The van der Waals surface area contributed by atoms with Crippen LogP contribution in [-0.4, -0.2) is 48.0 Å². The first-order valence-corrected chi connectivity index (χ1v) is 9.31. The van der Waals surface area contributed by atoms with Crippen molar-refractivity contribution in [3.8, 4) is 0 Å². The third-order valence-corrected chi connectivity index (χ3v) is 5.69. The van der Waals surface area contributed by atoms with Crippen LogP contribution in [-0.2, 0) is 9.53 Å². The minimum atomic E-state index is -0.255. The molecule has 2 fully saturated rings. The molecule has 2 aliphatic rings. The largest absolute Gasteiger partial charge is 0.381 e. The molecule has 0 radical (unpaired) electrons. The molecule has 0 bridgehead atoms. The first kappa shape index (κ1) is 17.7. The molecule has 1 atom stereocenters. The number of carbonyl (C=O) groups is 2. The lowest BCUT2D eigenvalue weighted by Crippen LogP contribution is -2.42. The van der Waals surface area contributed by atoms with Gasteiger partial charge in [0.25, 0.3) is 5.91 Å². The Hall–Kier alpha value is -2.73. The summed E-state index contributed by atoms with van der Waals surface area (Å²) in [6.45, 7) is 2.28. The highest BCUT2D eigenvalue weighted by Gasteiger charge is 2.51. The maximum atomic E-state index is 13.1. The Bertz CT molecular complexity index is 804. The van der Waals surface area contributed by atoms with Gasteiger partial charge >= 0.3 is 0 Å². The van der Waals surface area contributed by atoms with Crippen molar-refractivity contribution >= 4 is 17.5 Å². The van der Waals surface area contributed by atoms with Crippen LogP contribution < -0.4 is 5.32 Å². The highest BCUT2D eigenvalue weighted by Crippen LogP contribution is 2.45. The topological polar surface area (TPSA) is 71.5 Å². The van der Waals surface area contributed by atoms with E-state index in [1.54, 1.807) is 18.5 Å². The highest BCUT2D eigenvalue weighted by molar-refractivity contribution is 5.97. The summed E-state index contributed by atoms with van der Waals surface area (Å²) < 4.78 is 5.54. The van der Waals surface area contributed by atoms with Crippen LogP contribution in [0.5, 0.6) is 0 Å². The van der Waals surface area contributed by atoms with Gasteiger partial charge in [-0.3, -0.25) is 14.6 Å². The summed E-state index contributed by atoms with van der Waals surface area (Å²) in [6.07, 6.45) is 4.88. The van der Waals surface area contributed by atoms with Crippen molar-refractivity contribution in [1.29, 1.82) is 0 Å². The number of hydrogen-bond donors (Lipinski definition) is 1. The second-order valence-corrected chi connectivity index (χ2v) is 7.31. The van der Waals surface area contributed by atoms with Crippen molar-refractivity contribution < 1.29 is 14.3 Å². The fraction of sp³-hybridized carbons (Fsp3) is 0.381. The number of benzene rings is 1. The molecule has 140 valence electrons. The van der Waals surface area contributed by atoms with Gasteiger partial charge in [0, 0.05) is 43.5 Å². The van der Waals surface area contributed by atoms with Crippen LogP contribution in [0.15, 0.2) is 54.9 Å². The summed E-state index contributed by atoms with van der Waals surface area (Å²) in [7, 11) is 0. The van der Waals surface area contributed by atoms with Gasteiger partial charge in [0.1, 0.15) is 0 Å². The van der Waals surface area contributed by atoms with Crippen LogP contribution in [0.25, 0.3) is 0 Å². The van der Waals surface area contributed by atoms with E-state index in [9.17, 15) is 9.59 Å². The Morgan fingerprint density at radius 1 is 1.11 bits per heavy atom. The number of nitrogens with one attached hydrogen (secondary N) is 1. The molecular formula is C21H23N3O3. The number of hydrogen-bond acceptors (Lipinski definition) is 4. The third-order valence-electron chi connectivity index (χ3n) is 5.69. The molecule has 2 aliphatic heterocycles. The molecule has 27 heavy (non-hydrogen) atoms. The molecule has 1 spiro atoms. The molecule has 2 amide bonds. The Morgan fingerprint density at radius 2 is 1.89 bits per heavy atom. The zero-order chi connectivity index (χ0) is 18.7. The summed E-state index contributed by atoms with van der Waals surface area (Å²) >= 11 is 0. The van der Waals surface area contributed by atoms with E-state index in [1.807, 2.05) is 41.3 Å². The molecule has 0 unspecified atom stereocenters. The first-order valence-electron chi connectivity index (χ1n) is 9.31. The minimum Gasteiger partial charge on any atom is -0.381 e. The lowest BCUT2D eigenvalue weighted by Gasteiger charge is -2.37. The van der Waals surface area contributed by atoms with Gasteiger partial charge in [-0.2, -0.15) is 0 Å². The van der Waals surface area contributed by atoms with Gasteiger partial charge in [-0.15, -0.1) is 0 Å². The van der Waals surface area contributed by atoms with Gasteiger partial charge in [-0.05, 0) is 37.1 Å². The average Bonchev–Trinajstić information content (AvgIpc) is 3.08. The number of anilines is 1. The number of amides is 2. The van der Waals surface area contributed by atoms with E-state index in [2.05, 4.69) is 10.3 Å². The summed E-state index contributed by atoms with van der Waals surface area (Å²) in [5.41, 5.74) is 1.11. The average molecular weight is 365 g/mol. The zero-order valence-electron chi connectivity index (χ0n) is 15.1. The Balaban J connectivity index is 1.56. The minimum absolute atomic E-state index is 0.0156. The molecule has 6 heteroatoms. The second kappa shape index (κ2) is 7.48. The van der Waals surface area contributed by atoms with Crippen molar-refractivity contribution in [2.24, 2.45) is 11.3 Å². The first-order chi connectivity index (χ1) is 13.2. The summed E-state index contributed by atoms with van der Waals surface area (Å²) in [6, 6.07) is 12.9. The van der Waals surface area contributed by atoms with Crippen LogP contribution in [0.4, 0.5) is 5.69 Å². The molecule has 0 saturated carbocycles. The number of aromatic nitrogens is 1. The van der Waals surface area contributed by atoms with Gasteiger partial charge < -0.3 is 15.0 Å². The quantitative estimate of drug-likeness (QED) is 0.908. The molecule has 4 rings (SSSR count). The fourth-order valence-corrected chi connectivity index (χ4v) is 4.20. The maximum Gasteiger partial charge on any atom is 0.253 e. The van der Waals surface area contributed by atoms with E-state index >= 15 is 0 Å². The number of rotatable bonds is 3. The monoisotopic (exact) mass is 365 g/mol. The van der Waals surface area contributed by atoms with Crippen molar-refractivity contribution in [1.82, 2.24) is 9.88 Å². The van der Waals surface area contributed by atoms with Crippen molar-refractivity contribution in [3.63, 3.8) is 0 Å². The zero-order valence-corrected chi connectivity index (χ0v) is 15.1. The Kier molecular flexibility index (Phi) is 4.90. The maximum absolute atomic E-state index is 13.1. The van der Waals surface area contributed by atoms with Gasteiger partial charge in [0.05, 0.1) is 17.8 Å². The Labute approximate surface area is 158 Å². The van der Waals surface area contributed by atoms with E-state index in [0.29, 0.717) is 37.6 Å². The lowest BCUT2D eigenvalue weighted by molar-refractivity contribution is -0.124. The second-order valence-electron chi connectivity index (χ2n) is 7.31. The normalized spacial score (nSPS) is 21.2. The molecule has 1 N–H and O–H groups in total. The van der Waals surface area contributed by atoms with Crippen molar-refractivity contribution in [2.45, 2.75) is 12.8 Å². The predicted molar refractivity (Wildman–Crippen MR) is 101 cm³/mol. The molecule has 3 heterocycles. The fourth-order valence-electron chi connectivity index (χ4n) is 4.20. The number of ether oxygens (including phenoxy) is 1. The van der Waals surface area contributed by atoms with E-state index in [-0.39, 0.29) is 23.1 Å². The van der Waals surface area contributed by atoms with E-state index < -0.39 is 0 Å². The predicted octanol–water partition coefficient (Wildman–Crippen LogP) is 2.59. The van der Waals surface area contributed by atoms with Crippen molar-refractivity contribution in [2.75, 3.05) is 31.6 Å². The van der Waals surface area contributed by atoms with E-state index in [4.69, 9.17) is 4.74 Å². The van der Waals surface area contributed by atoms with Crippen LogP contribution in [0.1, 0.15) is 23.2 Å². The molecule has 1 aromatic heterocycles. The van der Waals surface area contributed by atoms with Crippen LogP contribution >= 0.6 is 0 Å². The SMILES string of the molecule is O=C(Nc1cccnc1)[C@@H]1CN(C(=O)c2ccccc2)CC12CCOCC2. The standard InChI is InChI=1S/C21H23N3O3/c25-19(23-17-7-4-10-22-13-17)18-14-24(15-21(18)8-11-27-12-9-21)20(26)16-5-2-1-3-6-16/h1-7,10,13,18H,8-9,11-12,14-15H2,(H,23,25)/t18-/m0/s1. The molecule has 2 aromatic rings. The third kappa shape index (κ3) is 3.57. The smallest absolute Gasteiger partial charge is 0.253 e. The number of nitrogens with zero attached hydrogens (tertiary/aromatic N) is 2. The van der Waals surface area contributed by atoms with Gasteiger partial charge in [0.2, 0.25) is 5.91 Å². The Morgan fingerprint density at radius 3 is 2.59 bits per heavy atom. The summed E-state index contributed by atoms with van der Waals surface area (Å²) in [5, 5.41) is 2.97. The molecule has 0 aliphatic carbocycles. The van der Waals surface area contributed by atoms with Crippen molar-refractivity contribution in [3.05, 3.63) is 60.4 Å².